The van der Waals surface area contributed by atoms with E-state index in [1.54, 1.807) is 10.9 Å². The molecule has 1 aromatic heterocycles. The van der Waals surface area contributed by atoms with Crippen molar-refractivity contribution in [3.63, 3.8) is 0 Å². The summed E-state index contributed by atoms with van der Waals surface area (Å²) in [4.78, 5) is 14.1. The molecule has 5 nitrogen and oxygen atoms in total. The zero-order valence-corrected chi connectivity index (χ0v) is 11.0. The van der Waals surface area contributed by atoms with Crippen LogP contribution in [0.4, 0.5) is 0 Å². The second-order valence-electron chi connectivity index (χ2n) is 5.06. The zero-order valence-electron chi connectivity index (χ0n) is 11.0. The summed E-state index contributed by atoms with van der Waals surface area (Å²) in [6.45, 7) is 0.987. The average molecular weight is 250 g/mol. The quantitative estimate of drug-likeness (QED) is 0.862. The second-order valence-corrected chi connectivity index (χ2v) is 5.06. The Morgan fingerprint density at radius 3 is 2.94 bits per heavy atom. The number of aromatic nitrogens is 2. The van der Waals surface area contributed by atoms with Gasteiger partial charge in [0.15, 0.2) is 0 Å². The summed E-state index contributed by atoms with van der Waals surface area (Å²) in [5.74, 6) is 0.564. The molecule has 0 aromatic carbocycles. The lowest BCUT2D eigenvalue weighted by Crippen LogP contribution is -2.46. The molecule has 2 N–H and O–H groups in total. The third-order valence-corrected chi connectivity index (χ3v) is 3.92. The molecule has 1 aliphatic rings. The van der Waals surface area contributed by atoms with Gasteiger partial charge in [0.25, 0.3) is 0 Å². The van der Waals surface area contributed by atoms with Gasteiger partial charge in [-0.25, -0.2) is 0 Å². The Hall–Kier alpha value is -1.36. The van der Waals surface area contributed by atoms with Gasteiger partial charge in [0, 0.05) is 25.5 Å². The fourth-order valence-corrected chi connectivity index (χ4v) is 2.80. The summed E-state index contributed by atoms with van der Waals surface area (Å²) in [7, 11) is 1.89. The van der Waals surface area contributed by atoms with Crippen molar-refractivity contribution in [1.29, 1.82) is 0 Å². The van der Waals surface area contributed by atoms with Crippen LogP contribution in [0.5, 0.6) is 0 Å². The normalized spacial score (nSPS) is 23.9. The summed E-state index contributed by atoms with van der Waals surface area (Å²) in [5.41, 5.74) is 5.81. The molecule has 2 rings (SSSR count). The highest BCUT2D eigenvalue weighted by Crippen LogP contribution is 2.27. The number of likely N-dealkylation sites (N-methyl/N-ethyl adjacent to an activating group) is 1. The summed E-state index contributed by atoms with van der Waals surface area (Å²) in [6, 6.07) is 2.13. The smallest absolute Gasteiger partial charge is 0.244 e. The topological polar surface area (TPSA) is 64.2 Å². The first-order valence-electron chi connectivity index (χ1n) is 6.65. The molecule has 0 bridgehead atoms. The Kier molecular flexibility index (Phi) is 4.36. The van der Waals surface area contributed by atoms with Crippen LogP contribution in [0.1, 0.15) is 25.7 Å². The number of hydrogen-bond acceptors (Lipinski definition) is 3. The maximum atomic E-state index is 12.2. The van der Waals surface area contributed by atoms with E-state index in [2.05, 4.69) is 5.10 Å². The van der Waals surface area contributed by atoms with Crippen molar-refractivity contribution in [3.05, 3.63) is 18.5 Å². The van der Waals surface area contributed by atoms with Crippen LogP contribution in [0.25, 0.3) is 0 Å². The van der Waals surface area contributed by atoms with E-state index in [4.69, 9.17) is 5.73 Å². The number of amides is 1. The molecule has 0 aliphatic heterocycles. The summed E-state index contributed by atoms with van der Waals surface area (Å²) < 4.78 is 1.67. The molecule has 0 radical (unpaired) electrons. The fourth-order valence-electron chi connectivity index (χ4n) is 2.80. The maximum absolute atomic E-state index is 12.2. The molecule has 1 fully saturated rings. The predicted octanol–water partition coefficient (Wildman–Crippen LogP) is 0.859. The van der Waals surface area contributed by atoms with Crippen LogP contribution >= 0.6 is 0 Å². The van der Waals surface area contributed by atoms with Gasteiger partial charge >= 0.3 is 0 Å². The first-order valence-corrected chi connectivity index (χ1v) is 6.65. The van der Waals surface area contributed by atoms with Crippen LogP contribution in [-0.2, 0) is 11.3 Å². The molecule has 1 saturated carbocycles. The molecule has 1 aliphatic carbocycles. The SMILES string of the molecule is CN(C(=O)Cn1cccn1)C1CCCCC1CN. The minimum absolute atomic E-state index is 0.115. The van der Waals surface area contributed by atoms with Gasteiger partial charge in [0.1, 0.15) is 6.54 Å². The Labute approximate surface area is 108 Å². The number of nitrogens with two attached hydrogens (primary N) is 1. The van der Waals surface area contributed by atoms with Crippen LogP contribution in [0.2, 0.25) is 0 Å². The van der Waals surface area contributed by atoms with Crippen molar-refractivity contribution >= 4 is 5.91 Å². The Morgan fingerprint density at radius 1 is 1.50 bits per heavy atom. The van der Waals surface area contributed by atoms with Crippen LogP contribution in [0, 0.1) is 5.92 Å². The molecular formula is C13H22N4O. The Bertz CT molecular complexity index is 376. The summed E-state index contributed by atoms with van der Waals surface area (Å²) in [6.07, 6.45) is 8.15. The lowest BCUT2D eigenvalue weighted by atomic mass is 9.83. The van der Waals surface area contributed by atoms with E-state index in [1.807, 2.05) is 24.2 Å². The molecule has 1 aromatic rings. The van der Waals surface area contributed by atoms with Crippen molar-refractivity contribution in [1.82, 2.24) is 14.7 Å². The van der Waals surface area contributed by atoms with Crippen molar-refractivity contribution in [3.8, 4) is 0 Å². The predicted molar refractivity (Wildman–Crippen MR) is 69.8 cm³/mol. The molecular weight excluding hydrogens is 228 g/mol. The van der Waals surface area contributed by atoms with Crippen LogP contribution in [0.15, 0.2) is 18.5 Å². The van der Waals surface area contributed by atoms with Crippen molar-refractivity contribution in [2.24, 2.45) is 11.7 Å². The van der Waals surface area contributed by atoms with Crippen molar-refractivity contribution in [2.45, 2.75) is 38.3 Å². The van der Waals surface area contributed by atoms with E-state index < -0.39 is 0 Å². The highest BCUT2D eigenvalue weighted by molar-refractivity contribution is 5.76. The molecule has 5 heteroatoms. The molecule has 0 spiro atoms. The Balaban J connectivity index is 1.96. The largest absolute Gasteiger partial charge is 0.341 e. The average Bonchev–Trinajstić information content (AvgIpc) is 2.90. The van der Waals surface area contributed by atoms with Gasteiger partial charge in [-0.1, -0.05) is 12.8 Å². The molecule has 1 heterocycles. The number of carbonyl (C=O) groups is 1. The number of rotatable bonds is 4. The van der Waals surface area contributed by atoms with Crippen LogP contribution in [-0.4, -0.2) is 40.2 Å². The number of nitrogens with zero attached hydrogens (tertiary/aromatic N) is 3. The molecule has 100 valence electrons. The Morgan fingerprint density at radius 2 is 2.28 bits per heavy atom. The zero-order chi connectivity index (χ0) is 13.0. The van der Waals surface area contributed by atoms with Gasteiger partial charge in [-0.15, -0.1) is 0 Å². The van der Waals surface area contributed by atoms with E-state index in [1.165, 1.54) is 12.8 Å². The fraction of sp³-hybridized carbons (Fsp3) is 0.692. The van der Waals surface area contributed by atoms with Crippen LogP contribution < -0.4 is 5.73 Å². The highest BCUT2D eigenvalue weighted by Gasteiger charge is 2.29. The van der Waals surface area contributed by atoms with Gasteiger partial charge in [-0.2, -0.15) is 5.10 Å². The first kappa shape index (κ1) is 13.1. The minimum atomic E-state index is 0.115. The maximum Gasteiger partial charge on any atom is 0.244 e. The minimum Gasteiger partial charge on any atom is -0.341 e. The molecule has 2 atom stereocenters. The standard InChI is InChI=1S/C13H22N4O/c1-16(12-6-3-2-5-11(12)9-14)13(18)10-17-8-4-7-15-17/h4,7-8,11-12H,2-3,5-6,9-10,14H2,1H3. The molecule has 1 amide bonds. The van der Waals surface area contributed by atoms with Gasteiger partial charge < -0.3 is 10.6 Å². The number of hydrogen-bond donors (Lipinski definition) is 1. The van der Waals surface area contributed by atoms with E-state index in [0.717, 1.165) is 12.8 Å². The van der Waals surface area contributed by atoms with E-state index in [-0.39, 0.29) is 5.91 Å². The van der Waals surface area contributed by atoms with Gasteiger partial charge in [-0.3, -0.25) is 9.48 Å². The highest BCUT2D eigenvalue weighted by atomic mass is 16.2. The molecule has 0 saturated heterocycles. The van der Waals surface area contributed by atoms with Crippen LogP contribution in [0.3, 0.4) is 0 Å². The first-order chi connectivity index (χ1) is 8.72. The lowest BCUT2D eigenvalue weighted by Gasteiger charge is -2.37. The van der Waals surface area contributed by atoms with E-state index in [0.29, 0.717) is 25.0 Å². The third kappa shape index (κ3) is 2.90. The van der Waals surface area contributed by atoms with Gasteiger partial charge in [0.05, 0.1) is 0 Å². The van der Waals surface area contributed by atoms with Gasteiger partial charge in [0.2, 0.25) is 5.91 Å². The monoisotopic (exact) mass is 250 g/mol. The van der Waals surface area contributed by atoms with Crippen molar-refractivity contribution < 1.29 is 4.79 Å². The van der Waals surface area contributed by atoms with Gasteiger partial charge in [-0.05, 0) is 31.4 Å². The lowest BCUT2D eigenvalue weighted by molar-refractivity contribution is -0.134. The third-order valence-electron chi connectivity index (χ3n) is 3.92. The number of carbonyl (C=O) groups excluding carboxylic acids is 1. The summed E-state index contributed by atoms with van der Waals surface area (Å²) in [5, 5.41) is 4.07. The van der Waals surface area contributed by atoms with E-state index >= 15 is 0 Å². The molecule has 2 unspecified atom stereocenters. The summed E-state index contributed by atoms with van der Waals surface area (Å²) >= 11 is 0. The van der Waals surface area contributed by atoms with Crippen molar-refractivity contribution in [2.75, 3.05) is 13.6 Å². The second kappa shape index (κ2) is 6.00. The van der Waals surface area contributed by atoms with E-state index in [9.17, 15) is 4.79 Å². The molecule has 18 heavy (non-hydrogen) atoms.